The number of aromatic carboxylic acids is 1. The fourth-order valence-corrected chi connectivity index (χ4v) is 2.70. The number of benzene rings is 1. The van der Waals surface area contributed by atoms with E-state index in [-0.39, 0.29) is 26.9 Å². The molecule has 0 amide bonds. The number of hydrogen-bond donors (Lipinski definition) is 1. The molecule has 5 nitrogen and oxygen atoms in total. The third-order valence-electron chi connectivity index (χ3n) is 2.65. The van der Waals surface area contributed by atoms with Crippen LogP contribution < -0.4 is 0 Å². The van der Waals surface area contributed by atoms with Gasteiger partial charge in [-0.05, 0) is 0 Å². The Hall–Kier alpha value is -2.34. The number of carbonyl (C=O) groups is 3. The summed E-state index contributed by atoms with van der Waals surface area (Å²) in [5.74, 6) is -1.98. The third kappa shape index (κ3) is 1.32. The largest absolute Gasteiger partial charge is 0.476 e. The second-order valence-electron chi connectivity index (χ2n) is 3.71. The van der Waals surface area contributed by atoms with Crippen molar-refractivity contribution in [3.05, 3.63) is 51.0 Å². The average molecular weight is 259 g/mol. The van der Waals surface area contributed by atoms with Crippen LogP contribution in [0.25, 0.3) is 0 Å². The lowest BCUT2D eigenvalue weighted by Crippen LogP contribution is -2.19. The molecule has 0 bridgehead atoms. The van der Waals surface area contributed by atoms with Gasteiger partial charge in [0.05, 0.1) is 0 Å². The van der Waals surface area contributed by atoms with E-state index in [1.165, 1.54) is 6.07 Å². The fourth-order valence-electron chi connectivity index (χ4n) is 1.85. The van der Waals surface area contributed by atoms with Crippen LogP contribution in [0, 0.1) is 0 Å². The fraction of sp³-hybridized carbons (Fsp3) is 0. The van der Waals surface area contributed by atoms with Gasteiger partial charge in [-0.15, -0.1) is 11.3 Å². The van der Waals surface area contributed by atoms with Crippen LogP contribution in [0.4, 0.5) is 0 Å². The molecule has 0 spiro atoms. The molecule has 0 radical (unpaired) electrons. The molecule has 0 unspecified atom stereocenters. The summed E-state index contributed by atoms with van der Waals surface area (Å²) in [7, 11) is 0. The molecule has 0 saturated carbocycles. The van der Waals surface area contributed by atoms with Gasteiger partial charge >= 0.3 is 5.97 Å². The maximum atomic E-state index is 12.1. The quantitative estimate of drug-likeness (QED) is 0.717. The van der Waals surface area contributed by atoms with Gasteiger partial charge in [-0.3, -0.25) is 9.59 Å². The lowest BCUT2D eigenvalue weighted by molar-refractivity contribution is 0.0696. The number of aromatic nitrogens is 1. The third-order valence-corrected chi connectivity index (χ3v) is 3.69. The van der Waals surface area contributed by atoms with Gasteiger partial charge in [0.15, 0.2) is 0 Å². The first-order valence-electron chi connectivity index (χ1n) is 5.02. The summed E-state index contributed by atoms with van der Waals surface area (Å²) in [5, 5.41) is 8.61. The van der Waals surface area contributed by atoms with Crippen molar-refractivity contribution >= 4 is 28.9 Å². The molecule has 0 aliphatic heterocycles. The van der Waals surface area contributed by atoms with Crippen LogP contribution in [0.15, 0.2) is 24.3 Å². The Labute approximate surface area is 105 Å². The lowest BCUT2D eigenvalue weighted by atomic mass is 9.91. The number of rotatable bonds is 1. The van der Waals surface area contributed by atoms with E-state index in [9.17, 15) is 14.4 Å². The minimum Gasteiger partial charge on any atom is -0.476 e. The summed E-state index contributed by atoms with van der Waals surface area (Å²) in [6.07, 6.45) is 0. The molecule has 18 heavy (non-hydrogen) atoms. The van der Waals surface area contributed by atoms with E-state index in [2.05, 4.69) is 4.98 Å². The van der Waals surface area contributed by atoms with Crippen molar-refractivity contribution in [2.45, 2.75) is 0 Å². The standard InChI is InChI=1S/C12H5NO4S/c14-8-5-3-1-2-4-6(5)9(15)10-7(8)13-11(18-10)12(16)17/h1-4H,(H,16,17). The van der Waals surface area contributed by atoms with Crippen LogP contribution in [0.5, 0.6) is 0 Å². The Balaban J connectivity index is 2.27. The Morgan fingerprint density at radius 3 is 2.33 bits per heavy atom. The zero-order valence-electron chi connectivity index (χ0n) is 8.84. The van der Waals surface area contributed by atoms with Crippen molar-refractivity contribution in [3.63, 3.8) is 0 Å². The molecular formula is C12H5NO4S. The van der Waals surface area contributed by atoms with Crippen LogP contribution in [0.3, 0.4) is 0 Å². The van der Waals surface area contributed by atoms with E-state index in [0.29, 0.717) is 5.56 Å². The van der Waals surface area contributed by atoms with Gasteiger partial charge < -0.3 is 5.11 Å². The highest BCUT2D eigenvalue weighted by atomic mass is 32.1. The van der Waals surface area contributed by atoms with E-state index in [4.69, 9.17) is 5.11 Å². The van der Waals surface area contributed by atoms with Crippen molar-refractivity contribution in [1.82, 2.24) is 4.98 Å². The molecule has 3 rings (SSSR count). The molecule has 88 valence electrons. The highest BCUT2D eigenvalue weighted by Crippen LogP contribution is 2.30. The summed E-state index contributed by atoms with van der Waals surface area (Å²) in [6.45, 7) is 0. The van der Waals surface area contributed by atoms with E-state index >= 15 is 0 Å². The normalized spacial score (nSPS) is 13.1. The van der Waals surface area contributed by atoms with Gasteiger partial charge in [-0.25, -0.2) is 9.78 Å². The Morgan fingerprint density at radius 2 is 1.72 bits per heavy atom. The maximum Gasteiger partial charge on any atom is 0.365 e. The summed E-state index contributed by atoms with van der Waals surface area (Å²) in [5.41, 5.74) is 0.522. The number of fused-ring (bicyclic) bond motifs is 2. The molecule has 1 aliphatic carbocycles. The first-order valence-corrected chi connectivity index (χ1v) is 5.84. The van der Waals surface area contributed by atoms with Crippen molar-refractivity contribution in [2.24, 2.45) is 0 Å². The maximum absolute atomic E-state index is 12.1. The van der Waals surface area contributed by atoms with E-state index in [1.807, 2.05) is 0 Å². The molecule has 0 saturated heterocycles. The number of carbonyl (C=O) groups excluding carboxylic acids is 2. The Morgan fingerprint density at radius 1 is 1.11 bits per heavy atom. The molecule has 1 aromatic carbocycles. The molecule has 1 heterocycles. The molecule has 0 atom stereocenters. The molecule has 2 aromatic rings. The second kappa shape index (κ2) is 3.58. The monoisotopic (exact) mass is 259 g/mol. The molecule has 6 heteroatoms. The van der Waals surface area contributed by atoms with Crippen LogP contribution in [-0.4, -0.2) is 27.6 Å². The number of carboxylic acids is 1. The van der Waals surface area contributed by atoms with Gasteiger partial charge in [0.2, 0.25) is 16.6 Å². The summed E-state index contributed by atoms with van der Waals surface area (Å²) in [6, 6.07) is 6.41. The van der Waals surface area contributed by atoms with E-state index in [1.54, 1.807) is 18.2 Å². The zero-order valence-corrected chi connectivity index (χ0v) is 9.65. The Kier molecular flexibility index (Phi) is 2.14. The van der Waals surface area contributed by atoms with Crippen LogP contribution in [-0.2, 0) is 0 Å². The zero-order chi connectivity index (χ0) is 12.9. The molecular weight excluding hydrogens is 254 g/mol. The average Bonchev–Trinajstić information content (AvgIpc) is 2.81. The summed E-state index contributed by atoms with van der Waals surface area (Å²) < 4.78 is 0. The van der Waals surface area contributed by atoms with Crippen molar-refractivity contribution in [1.29, 1.82) is 0 Å². The first kappa shape index (κ1) is 10.8. The van der Waals surface area contributed by atoms with Crippen molar-refractivity contribution in [3.8, 4) is 0 Å². The highest BCUT2D eigenvalue weighted by Gasteiger charge is 2.34. The summed E-state index contributed by atoms with van der Waals surface area (Å²) >= 11 is 0.738. The number of nitrogens with zero attached hydrogens (tertiary/aromatic N) is 1. The molecule has 1 aliphatic rings. The highest BCUT2D eigenvalue weighted by molar-refractivity contribution is 7.16. The summed E-state index contributed by atoms with van der Waals surface area (Å²) in [4.78, 5) is 38.9. The Bertz CT molecular complexity index is 664. The molecule has 1 N–H and O–H groups in total. The number of hydrogen-bond acceptors (Lipinski definition) is 5. The topological polar surface area (TPSA) is 84.3 Å². The predicted molar refractivity (Wildman–Crippen MR) is 62.4 cm³/mol. The predicted octanol–water partition coefficient (Wildman–Crippen LogP) is 1.62. The van der Waals surface area contributed by atoms with Gasteiger partial charge in [0, 0.05) is 11.1 Å². The van der Waals surface area contributed by atoms with Crippen LogP contribution >= 0.6 is 11.3 Å². The van der Waals surface area contributed by atoms with Gasteiger partial charge in [0.25, 0.3) is 0 Å². The van der Waals surface area contributed by atoms with Gasteiger partial charge in [0.1, 0.15) is 10.6 Å². The minimum atomic E-state index is -1.24. The van der Waals surface area contributed by atoms with Gasteiger partial charge in [-0.1, -0.05) is 24.3 Å². The number of carboxylic acid groups (broad SMARTS) is 1. The smallest absolute Gasteiger partial charge is 0.365 e. The van der Waals surface area contributed by atoms with Crippen molar-refractivity contribution in [2.75, 3.05) is 0 Å². The van der Waals surface area contributed by atoms with Crippen molar-refractivity contribution < 1.29 is 19.5 Å². The lowest BCUT2D eigenvalue weighted by Gasteiger charge is -2.11. The number of thiazole rings is 1. The molecule has 0 fully saturated rings. The SMILES string of the molecule is O=C(O)c1nc2c(s1)C(=O)c1ccccc1C2=O. The van der Waals surface area contributed by atoms with E-state index < -0.39 is 11.8 Å². The molecule has 1 aromatic heterocycles. The minimum absolute atomic E-state index is 0.0545. The first-order chi connectivity index (χ1) is 8.59. The van der Waals surface area contributed by atoms with Crippen LogP contribution in [0.1, 0.15) is 41.1 Å². The van der Waals surface area contributed by atoms with Crippen LogP contribution in [0.2, 0.25) is 0 Å². The van der Waals surface area contributed by atoms with E-state index in [0.717, 1.165) is 11.3 Å². The second-order valence-corrected chi connectivity index (χ2v) is 4.70. The van der Waals surface area contributed by atoms with Gasteiger partial charge in [-0.2, -0.15) is 0 Å². The number of ketones is 2.